The van der Waals surface area contributed by atoms with Gasteiger partial charge in [0.1, 0.15) is 5.76 Å². The van der Waals surface area contributed by atoms with E-state index in [0.717, 1.165) is 36.4 Å². The molecular weight excluding hydrogens is 200 g/mol. The van der Waals surface area contributed by atoms with Crippen LogP contribution in [0.15, 0.2) is 4.42 Å². The standard InChI is InChI=1S/C13H22N2O/c1-10-11(2)16-13(15-10)9-14-8-7-12-5-3-4-6-12/h12,14H,3-9H2,1-2H3. The number of nitrogens with zero attached hydrogens (tertiary/aromatic N) is 1. The molecule has 0 aromatic carbocycles. The molecule has 0 radical (unpaired) electrons. The largest absolute Gasteiger partial charge is 0.444 e. The third-order valence-electron chi connectivity index (χ3n) is 3.55. The van der Waals surface area contributed by atoms with Crippen LogP contribution < -0.4 is 5.32 Å². The molecule has 16 heavy (non-hydrogen) atoms. The molecule has 3 heteroatoms. The molecule has 1 aromatic rings. The summed E-state index contributed by atoms with van der Waals surface area (Å²) in [6.07, 6.45) is 7.03. The molecule has 0 aliphatic heterocycles. The second kappa shape index (κ2) is 5.48. The van der Waals surface area contributed by atoms with E-state index in [1.165, 1.54) is 32.1 Å². The Kier molecular flexibility index (Phi) is 3.99. The number of rotatable bonds is 5. The maximum absolute atomic E-state index is 5.51. The maximum Gasteiger partial charge on any atom is 0.208 e. The summed E-state index contributed by atoms with van der Waals surface area (Å²) in [5.74, 6) is 2.72. The lowest BCUT2D eigenvalue weighted by Crippen LogP contribution is -2.17. The Morgan fingerprint density at radius 1 is 1.31 bits per heavy atom. The Morgan fingerprint density at radius 2 is 2.06 bits per heavy atom. The van der Waals surface area contributed by atoms with Crippen molar-refractivity contribution in [1.82, 2.24) is 10.3 Å². The Bertz CT molecular complexity index is 307. The minimum absolute atomic E-state index is 0.765. The molecule has 90 valence electrons. The van der Waals surface area contributed by atoms with E-state index in [1.807, 2.05) is 13.8 Å². The van der Waals surface area contributed by atoms with Gasteiger partial charge in [-0.2, -0.15) is 0 Å². The molecule has 3 nitrogen and oxygen atoms in total. The van der Waals surface area contributed by atoms with Crippen LogP contribution in [-0.4, -0.2) is 11.5 Å². The summed E-state index contributed by atoms with van der Waals surface area (Å²) in [4.78, 5) is 4.35. The van der Waals surface area contributed by atoms with Gasteiger partial charge in [-0.25, -0.2) is 4.98 Å². The van der Waals surface area contributed by atoms with Crippen molar-refractivity contribution in [3.05, 3.63) is 17.3 Å². The first kappa shape index (κ1) is 11.6. The third-order valence-corrected chi connectivity index (χ3v) is 3.55. The summed E-state index contributed by atoms with van der Waals surface area (Å²) in [7, 11) is 0. The van der Waals surface area contributed by atoms with Crippen LogP contribution in [0, 0.1) is 19.8 Å². The highest BCUT2D eigenvalue weighted by Gasteiger charge is 2.14. The SMILES string of the molecule is Cc1nc(CNCCC2CCCC2)oc1C. The van der Waals surface area contributed by atoms with Crippen LogP contribution in [0.1, 0.15) is 49.4 Å². The summed E-state index contributed by atoms with van der Waals surface area (Å²) in [5, 5.41) is 3.41. The van der Waals surface area contributed by atoms with Crippen molar-refractivity contribution >= 4 is 0 Å². The van der Waals surface area contributed by atoms with Crippen molar-refractivity contribution in [2.24, 2.45) is 5.92 Å². The average molecular weight is 222 g/mol. The quantitative estimate of drug-likeness (QED) is 0.778. The van der Waals surface area contributed by atoms with E-state index in [1.54, 1.807) is 0 Å². The molecule has 0 atom stereocenters. The van der Waals surface area contributed by atoms with Crippen LogP contribution in [-0.2, 0) is 6.54 Å². The van der Waals surface area contributed by atoms with Crippen molar-refractivity contribution in [2.75, 3.05) is 6.54 Å². The molecule has 0 bridgehead atoms. The van der Waals surface area contributed by atoms with Crippen molar-refractivity contribution in [3.8, 4) is 0 Å². The van der Waals surface area contributed by atoms with E-state index in [-0.39, 0.29) is 0 Å². The smallest absolute Gasteiger partial charge is 0.208 e. The molecule has 0 amide bonds. The van der Waals surface area contributed by atoms with Gasteiger partial charge in [0.25, 0.3) is 0 Å². The maximum atomic E-state index is 5.51. The van der Waals surface area contributed by atoms with E-state index >= 15 is 0 Å². The summed E-state index contributed by atoms with van der Waals surface area (Å²) in [5.41, 5.74) is 1.01. The third kappa shape index (κ3) is 3.08. The highest BCUT2D eigenvalue weighted by Crippen LogP contribution is 2.26. The number of nitrogens with one attached hydrogen (secondary N) is 1. The van der Waals surface area contributed by atoms with E-state index in [9.17, 15) is 0 Å². The number of aromatic nitrogens is 1. The number of hydrogen-bond acceptors (Lipinski definition) is 3. The fourth-order valence-electron chi connectivity index (χ4n) is 2.42. The molecule has 1 aliphatic rings. The van der Waals surface area contributed by atoms with Crippen LogP contribution in [0.2, 0.25) is 0 Å². The van der Waals surface area contributed by atoms with Gasteiger partial charge < -0.3 is 9.73 Å². The van der Waals surface area contributed by atoms with E-state index < -0.39 is 0 Å². The summed E-state index contributed by atoms with van der Waals surface area (Å²) in [6, 6.07) is 0. The van der Waals surface area contributed by atoms with Gasteiger partial charge in [-0.3, -0.25) is 0 Å². The Balaban J connectivity index is 1.64. The predicted octanol–water partition coefficient (Wildman–Crippen LogP) is 2.96. The molecule has 1 saturated carbocycles. The van der Waals surface area contributed by atoms with Gasteiger partial charge in [-0.05, 0) is 32.7 Å². The minimum Gasteiger partial charge on any atom is -0.444 e. The molecule has 1 heterocycles. The first-order valence-electron chi connectivity index (χ1n) is 6.39. The Labute approximate surface area is 97.6 Å². The minimum atomic E-state index is 0.765. The number of oxazole rings is 1. The highest BCUT2D eigenvalue weighted by molar-refractivity contribution is 5.05. The lowest BCUT2D eigenvalue weighted by atomic mass is 10.0. The monoisotopic (exact) mass is 222 g/mol. The lowest BCUT2D eigenvalue weighted by Gasteiger charge is -2.08. The molecule has 0 spiro atoms. The Morgan fingerprint density at radius 3 is 2.69 bits per heavy atom. The molecular formula is C13H22N2O. The predicted molar refractivity (Wildman–Crippen MR) is 64.3 cm³/mol. The van der Waals surface area contributed by atoms with Crippen molar-refractivity contribution in [3.63, 3.8) is 0 Å². The van der Waals surface area contributed by atoms with Crippen LogP contribution in [0.5, 0.6) is 0 Å². The second-order valence-electron chi connectivity index (χ2n) is 4.87. The first-order valence-corrected chi connectivity index (χ1v) is 6.39. The fourth-order valence-corrected chi connectivity index (χ4v) is 2.42. The molecule has 1 aromatic heterocycles. The van der Waals surface area contributed by atoms with Crippen LogP contribution in [0.25, 0.3) is 0 Å². The number of aryl methyl sites for hydroxylation is 2. The topological polar surface area (TPSA) is 38.1 Å². The molecule has 1 fully saturated rings. The summed E-state index contributed by atoms with van der Waals surface area (Å²) in [6.45, 7) is 5.80. The fraction of sp³-hybridized carbons (Fsp3) is 0.769. The lowest BCUT2D eigenvalue weighted by molar-refractivity contribution is 0.428. The summed E-state index contributed by atoms with van der Waals surface area (Å²) >= 11 is 0. The van der Waals surface area contributed by atoms with Crippen molar-refractivity contribution < 1.29 is 4.42 Å². The normalized spacial score (nSPS) is 17.1. The van der Waals surface area contributed by atoms with E-state index in [2.05, 4.69) is 10.3 Å². The average Bonchev–Trinajstić information content (AvgIpc) is 2.85. The van der Waals surface area contributed by atoms with Crippen LogP contribution in [0.4, 0.5) is 0 Å². The van der Waals surface area contributed by atoms with Gasteiger partial charge in [0, 0.05) is 0 Å². The second-order valence-corrected chi connectivity index (χ2v) is 4.87. The van der Waals surface area contributed by atoms with Gasteiger partial charge in [-0.15, -0.1) is 0 Å². The summed E-state index contributed by atoms with van der Waals surface area (Å²) < 4.78 is 5.51. The molecule has 2 rings (SSSR count). The number of hydrogen-bond donors (Lipinski definition) is 1. The first-order chi connectivity index (χ1) is 7.75. The van der Waals surface area contributed by atoms with Gasteiger partial charge in [-0.1, -0.05) is 25.7 Å². The zero-order valence-corrected chi connectivity index (χ0v) is 10.4. The van der Waals surface area contributed by atoms with Crippen LogP contribution in [0.3, 0.4) is 0 Å². The van der Waals surface area contributed by atoms with E-state index in [0.29, 0.717) is 0 Å². The zero-order valence-electron chi connectivity index (χ0n) is 10.4. The van der Waals surface area contributed by atoms with Crippen LogP contribution >= 0.6 is 0 Å². The van der Waals surface area contributed by atoms with Crippen molar-refractivity contribution in [2.45, 2.75) is 52.5 Å². The van der Waals surface area contributed by atoms with Crippen molar-refractivity contribution in [1.29, 1.82) is 0 Å². The van der Waals surface area contributed by atoms with Gasteiger partial charge >= 0.3 is 0 Å². The molecule has 1 N–H and O–H groups in total. The van der Waals surface area contributed by atoms with Gasteiger partial charge in [0.15, 0.2) is 0 Å². The highest BCUT2D eigenvalue weighted by atomic mass is 16.4. The molecule has 1 aliphatic carbocycles. The van der Waals surface area contributed by atoms with Gasteiger partial charge in [0.2, 0.25) is 5.89 Å². The molecule has 0 unspecified atom stereocenters. The zero-order chi connectivity index (χ0) is 11.4. The molecule has 0 saturated heterocycles. The van der Waals surface area contributed by atoms with Gasteiger partial charge in [0.05, 0.1) is 12.2 Å². The Hall–Kier alpha value is -0.830. The van der Waals surface area contributed by atoms with E-state index in [4.69, 9.17) is 4.42 Å².